The average Bonchev–Trinajstić information content (AvgIpc) is 2.29. The number of thioether (sulfide) groups is 1. The smallest absolute Gasteiger partial charge is 0.187 e. The van der Waals surface area contributed by atoms with Crippen LogP contribution in [0.25, 0.3) is 0 Å². The number of aromatic nitrogens is 2. The molecule has 0 unspecified atom stereocenters. The van der Waals surface area contributed by atoms with Crippen LogP contribution in [0.5, 0.6) is 0 Å². The Morgan fingerprint density at radius 3 is 3.07 bits per heavy atom. The molecule has 15 heavy (non-hydrogen) atoms. The highest BCUT2D eigenvalue weighted by atomic mass is 32.2. The van der Waals surface area contributed by atoms with Crippen LogP contribution in [0.4, 0.5) is 0 Å². The van der Waals surface area contributed by atoms with E-state index < -0.39 is 0 Å². The Kier molecular flexibility index (Phi) is 3.56. The maximum absolute atomic E-state index is 5.60. The molecule has 0 aromatic carbocycles. The second-order valence-corrected chi connectivity index (χ2v) is 4.32. The van der Waals surface area contributed by atoms with E-state index in [1.165, 1.54) is 11.3 Å². The lowest BCUT2D eigenvalue weighted by atomic mass is 10.0. The van der Waals surface area contributed by atoms with Gasteiger partial charge in [-0.25, -0.2) is 9.97 Å². The maximum atomic E-state index is 5.60. The van der Waals surface area contributed by atoms with Crippen LogP contribution in [0.15, 0.2) is 5.16 Å². The predicted molar refractivity (Wildman–Crippen MR) is 62.0 cm³/mol. The molecular formula is C10H16N4S. The summed E-state index contributed by atoms with van der Waals surface area (Å²) in [6.45, 7) is 2.55. The summed E-state index contributed by atoms with van der Waals surface area (Å²) in [5, 5.41) is 4.22. The van der Waals surface area contributed by atoms with Gasteiger partial charge in [0.25, 0.3) is 0 Å². The van der Waals surface area contributed by atoms with E-state index in [1.54, 1.807) is 11.8 Å². The summed E-state index contributed by atoms with van der Waals surface area (Å²) in [5.41, 5.74) is 9.19. The molecule has 5 heteroatoms. The van der Waals surface area contributed by atoms with Gasteiger partial charge in [0.15, 0.2) is 5.16 Å². The summed E-state index contributed by atoms with van der Waals surface area (Å²) in [6.07, 6.45) is 3.86. The van der Waals surface area contributed by atoms with Crippen molar-refractivity contribution in [3.8, 4) is 0 Å². The van der Waals surface area contributed by atoms with Crippen molar-refractivity contribution in [2.45, 2.75) is 24.5 Å². The summed E-state index contributed by atoms with van der Waals surface area (Å²) in [7, 11) is 0. The molecule has 0 radical (unpaired) electrons. The third kappa shape index (κ3) is 2.30. The Morgan fingerprint density at radius 2 is 2.33 bits per heavy atom. The second kappa shape index (κ2) is 4.92. The molecule has 1 aliphatic heterocycles. The van der Waals surface area contributed by atoms with E-state index >= 15 is 0 Å². The van der Waals surface area contributed by atoms with Crippen LogP contribution in [-0.4, -0.2) is 29.3 Å². The van der Waals surface area contributed by atoms with Crippen LogP contribution in [0.2, 0.25) is 0 Å². The molecule has 0 bridgehead atoms. The molecule has 3 N–H and O–H groups in total. The van der Waals surface area contributed by atoms with Crippen LogP contribution in [0, 0.1) is 0 Å². The van der Waals surface area contributed by atoms with Gasteiger partial charge in [0.05, 0.1) is 11.4 Å². The normalized spacial score (nSPS) is 15.1. The first-order valence-electron chi connectivity index (χ1n) is 5.18. The number of fused-ring (bicyclic) bond motifs is 1. The first-order valence-corrected chi connectivity index (χ1v) is 6.41. The third-order valence-electron chi connectivity index (χ3n) is 2.56. The molecule has 1 aromatic heterocycles. The molecule has 0 saturated carbocycles. The fraction of sp³-hybridized carbons (Fsp3) is 0.600. The van der Waals surface area contributed by atoms with Crippen LogP contribution in [-0.2, 0) is 19.4 Å². The molecule has 0 aliphatic carbocycles. The molecule has 1 aromatic rings. The fourth-order valence-electron chi connectivity index (χ4n) is 1.82. The standard InChI is InChI=1S/C10H16N4S/c1-15-10-13-8(2-4-11)7-6-12-5-3-9(7)14-10/h12H,2-6,11H2,1H3. The zero-order valence-electron chi connectivity index (χ0n) is 8.92. The molecule has 0 amide bonds. The largest absolute Gasteiger partial charge is 0.330 e. The van der Waals surface area contributed by atoms with Gasteiger partial charge in [-0.3, -0.25) is 0 Å². The Balaban J connectivity index is 2.41. The molecule has 2 rings (SSSR count). The predicted octanol–water partition coefficient (Wildman–Crippen LogP) is 0.345. The van der Waals surface area contributed by atoms with Gasteiger partial charge in [-0.15, -0.1) is 0 Å². The molecule has 0 atom stereocenters. The van der Waals surface area contributed by atoms with Crippen molar-refractivity contribution in [3.63, 3.8) is 0 Å². The zero-order valence-corrected chi connectivity index (χ0v) is 9.73. The molecule has 0 spiro atoms. The number of nitrogens with one attached hydrogen (secondary N) is 1. The minimum atomic E-state index is 0.650. The lowest BCUT2D eigenvalue weighted by Gasteiger charge is -2.19. The van der Waals surface area contributed by atoms with E-state index in [4.69, 9.17) is 5.73 Å². The Bertz CT molecular complexity index is 354. The summed E-state index contributed by atoms with van der Waals surface area (Å²) in [4.78, 5) is 9.07. The van der Waals surface area contributed by atoms with Crippen molar-refractivity contribution < 1.29 is 0 Å². The summed E-state index contributed by atoms with van der Waals surface area (Å²) in [5.74, 6) is 0. The van der Waals surface area contributed by atoms with Crippen LogP contribution in [0.1, 0.15) is 17.0 Å². The SMILES string of the molecule is CSc1nc(CCN)c2c(n1)CCNC2. The van der Waals surface area contributed by atoms with Gasteiger partial charge < -0.3 is 11.1 Å². The number of hydrogen-bond donors (Lipinski definition) is 2. The van der Waals surface area contributed by atoms with Gasteiger partial charge in [0, 0.05) is 31.5 Å². The Labute approximate surface area is 94.1 Å². The monoisotopic (exact) mass is 224 g/mol. The second-order valence-electron chi connectivity index (χ2n) is 3.55. The van der Waals surface area contributed by atoms with Crippen molar-refractivity contribution in [2.24, 2.45) is 5.73 Å². The number of nitrogens with zero attached hydrogens (tertiary/aromatic N) is 2. The molecule has 0 saturated heterocycles. The van der Waals surface area contributed by atoms with E-state index in [0.717, 1.165) is 36.8 Å². The Hall–Kier alpha value is -0.650. The number of rotatable bonds is 3. The highest BCUT2D eigenvalue weighted by molar-refractivity contribution is 7.98. The Morgan fingerprint density at radius 1 is 1.47 bits per heavy atom. The fourth-order valence-corrected chi connectivity index (χ4v) is 2.23. The molecular weight excluding hydrogens is 208 g/mol. The first kappa shape index (κ1) is 10.9. The van der Waals surface area contributed by atoms with Crippen LogP contribution in [0.3, 0.4) is 0 Å². The van der Waals surface area contributed by atoms with E-state index in [0.29, 0.717) is 6.54 Å². The van der Waals surface area contributed by atoms with E-state index in [1.807, 2.05) is 6.26 Å². The lowest BCUT2D eigenvalue weighted by molar-refractivity contribution is 0.604. The lowest BCUT2D eigenvalue weighted by Crippen LogP contribution is -2.27. The highest BCUT2D eigenvalue weighted by Gasteiger charge is 2.16. The van der Waals surface area contributed by atoms with E-state index in [9.17, 15) is 0 Å². The summed E-state index contributed by atoms with van der Waals surface area (Å²) >= 11 is 1.60. The molecule has 1 aliphatic rings. The minimum absolute atomic E-state index is 0.650. The van der Waals surface area contributed by atoms with E-state index in [2.05, 4.69) is 15.3 Å². The first-order chi connectivity index (χ1) is 7.35. The number of nitrogens with two attached hydrogens (primary N) is 1. The molecule has 2 heterocycles. The maximum Gasteiger partial charge on any atom is 0.187 e. The highest BCUT2D eigenvalue weighted by Crippen LogP contribution is 2.19. The van der Waals surface area contributed by atoms with Crippen molar-refractivity contribution >= 4 is 11.8 Å². The van der Waals surface area contributed by atoms with Crippen molar-refractivity contribution in [3.05, 3.63) is 17.0 Å². The zero-order chi connectivity index (χ0) is 10.7. The quantitative estimate of drug-likeness (QED) is 0.573. The summed E-state index contributed by atoms with van der Waals surface area (Å²) < 4.78 is 0. The minimum Gasteiger partial charge on any atom is -0.330 e. The van der Waals surface area contributed by atoms with Gasteiger partial charge >= 0.3 is 0 Å². The van der Waals surface area contributed by atoms with Crippen molar-refractivity contribution in [1.29, 1.82) is 0 Å². The van der Waals surface area contributed by atoms with Gasteiger partial charge in [-0.05, 0) is 12.8 Å². The topological polar surface area (TPSA) is 63.8 Å². The summed E-state index contributed by atoms with van der Waals surface area (Å²) in [6, 6.07) is 0. The van der Waals surface area contributed by atoms with Gasteiger partial charge in [-0.1, -0.05) is 11.8 Å². The van der Waals surface area contributed by atoms with E-state index in [-0.39, 0.29) is 0 Å². The molecule has 82 valence electrons. The number of hydrogen-bond acceptors (Lipinski definition) is 5. The van der Waals surface area contributed by atoms with Crippen molar-refractivity contribution in [1.82, 2.24) is 15.3 Å². The molecule has 0 fully saturated rings. The molecule has 4 nitrogen and oxygen atoms in total. The third-order valence-corrected chi connectivity index (χ3v) is 3.11. The van der Waals surface area contributed by atoms with Crippen molar-refractivity contribution in [2.75, 3.05) is 19.3 Å². The van der Waals surface area contributed by atoms with Gasteiger partial charge in [0.2, 0.25) is 0 Å². The van der Waals surface area contributed by atoms with Gasteiger partial charge in [-0.2, -0.15) is 0 Å². The average molecular weight is 224 g/mol. The van der Waals surface area contributed by atoms with Crippen LogP contribution < -0.4 is 11.1 Å². The van der Waals surface area contributed by atoms with Crippen LogP contribution >= 0.6 is 11.8 Å². The van der Waals surface area contributed by atoms with Gasteiger partial charge in [0.1, 0.15) is 0 Å².